The molecule has 1 aromatic heterocycles. The first-order chi connectivity index (χ1) is 10.3. The van der Waals surface area contributed by atoms with Gasteiger partial charge in [0.05, 0.1) is 6.26 Å². The van der Waals surface area contributed by atoms with Gasteiger partial charge in [-0.05, 0) is 23.0 Å². The monoisotopic (exact) mass is 304 g/mol. The van der Waals surface area contributed by atoms with E-state index in [9.17, 15) is 9.59 Å². The number of furan rings is 1. The van der Waals surface area contributed by atoms with Gasteiger partial charge in [-0.1, -0.05) is 27.7 Å². The molecular weight excluding hydrogens is 280 g/mol. The standard InChI is InChI=1S/C17H24N2O3/c1-16(2)13(17(16,3)4)15(21)19-9-7-18(8-10-19)14(20)12-6-5-11-22-12/h5-6,11,13H,7-10H2,1-4H3. The van der Waals surface area contributed by atoms with Gasteiger partial charge in [0.2, 0.25) is 5.91 Å². The molecule has 0 N–H and O–H groups in total. The highest BCUT2D eigenvalue weighted by atomic mass is 16.3. The molecule has 2 heterocycles. The van der Waals surface area contributed by atoms with Crippen LogP contribution in [-0.2, 0) is 4.79 Å². The second kappa shape index (κ2) is 4.86. The summed E-state index contributed by atoms with van der Waals surface area (Å²) in [6.07, 6.45) is 1.50. The van der Waals surface area contributed by atoms with Gasteiger partial charge >= 0.3 is 0 Å². The van der Waals surface area contributed by atoms with Gasteiger partial charge in [0.25, 0.3) is 5.91 Å². The van der Waals surface area contributed by atoms with Crippen molar-refractivity contribution in [3.63, 3.8) is 0 Å². The summed E-state index contributed by atoms with van der Waals surface area (Å²) >= 11 is 0. The molecule has 2 aliphatic rings. The van der Waals surface area contributed by atoms with Crippen LogP contribution < -0.4 is 0 Å². The lowest BCUT2D eigenvalue weighted by Crippen LogP contribution is -2.51. The van der Waals surface area contributed by atoms with Gasteiger partial charge in [-0.3, -0.25) is 9.59 Å². The predicted molar refractivity (Wildman–Crippen MR) is 82.2 cm³/mol. The van der Waals surface area contributed by atoms with Gasteiger partial charge < -0.3 is 14.2 Å². The number of carbonyl (C=O) groups is 2. The zero-order valence-corrected chi connectivity index (χ0v) is 13.8. The van der Waals surface area contributed by atoms with Crippen molar-refractivity contribution >= 4 is 11.8 Å². The van der Waals surface area contributed by atoms with Crippen LogP contribution in [0.5, 0.6) is 0 Å². The molecule has 1 aliphatic heterocycles. The highest BCUT2D eigenvalue weighted by Crippen LogP contribution is 2.68. The second-order valence-electron chi connectivity index (χ2n) is 7.47. The summed E-state index contributed by atoms with van der Waals surface area (Å²) in [5, 5.41) is 0. The largest absolute Gasteiger partial charge is 0.459 e. The number of rotatable bonds is 2. The van der Waals surface area contributed by atoms with E-state index in [-0.39, 0.29) is 28.6 Å². The molecule has 0 unspecified atom stereocenters. The fourth-order valence-corrected chi connectivity index (χ4v) is 3.68. The molecule has 1 saturated carbocycles. The maximum Gasteiger partial charge on any atom is 0.289 e. The average molecular weight is 304 g/mol. The molecule has 22 heavy (non-hydrogen) atoms. The van der Waals surface area contributed by atoms with Crippen molar-refractivity contribution in [2.45, 2.75) is 27.7 Å². The van der Waals surface area contributed by atoms with Crippen molar-refractivity contribution in [2.75, 3.05) is 26.2 Å². The van der Waals surface area contributed by atoms with Gasteiger partial charge in [0.1, 0.15) is 0 Å². The Morgan fingerprint density at radius 2 is 1.59 bits per heavy atom. The van der Waals surface area contributed by atoms with Crippen LogP contribution >= 0.6 is 0 Å². The fourth-order valence-electron chi connectivity index (χ4n) is 3.68. The van der Waals surface area contributed by atoms with Crippen LogP contribution in [0.1, 0.15) is 38.2 Å². The number of piperazine rings is 1. The lowest BCUT2D eigenvalue weighted by molar-refractivity contribution is -0.135. The molecular formula is C17H24N2O3. The first-order valence-corrected chi connectivity index (χ1v) is 7.88. The highest BCUT2D eigenvalue weighted by Gasteiger charge is 2.68. The lowest BCUT2D eigenvalue weighted by atomic mass is 10.0. The molecule has 5 heteroatoms. The van der Waals surface area contributed by atoms with Gasteiger partial charge in [-0.25, -0.2) is 0 Å². The van der Waals surface area contributed by atoms with Crippen LogP contribution in [0.25, 0.3) is 0 Å². The van der Waals surface area contributed by atoms with Gasteiger partial charge in [0, 0.05) is 32.1 Å². The quantitative estimate of drug-likeness (QED) is 0.842. The summed E-state index contributed by atoms with van der Waals surface area (Å²) in [4.78, 5) is 28.6. The van der Waals surface area contributed by atoms with Crippen LogP contribution in [0.15, 0.2) is 22.8 Å². The number of hydrogen-bond acceptors (Lipinski definition) is 3. The Morgan fingerprint density at radius 1 is 1.05 bits per heavy atom. The summed E-state index contributed by atoms with van der Waals surface area (Å²) in [5.74, 6) is 0.598. The van der Waals surface area contributed by atoms with Crippen molar-refractivity contribution in [2.24, 2.45) is 16.7 Å². The molecule has 0 atom stereocenters. The molecule has 2 fully saturated rings. The second-order valence-corrected chi connectivity index (χ2v) is 7.47. The topological polar surface area (TPSA) is 53.8 Å². The molecule has 0 aromatic carbocycles. The first kappa shape index (κ1) is 15.1. The molecule has 5 nitrogen and oxygen atoms in total. The predicted octanol–water partition coefficient (Wildman–Crippen LogP) is 2.25. The van der Waals surface area contributed by atoms with E-state index in [2.05, 4.69) is 27.7 Å². The molecule has 120 valence electrons. The Morgan fingerprint density at radius 3 is 2.05 bits per heavy atom. The third kappa shape index (κ3) is 2.14. The molecule has 1 aromatic rings. The Bertz CT molecular complexity index is 567. The molecule has 0 bridgehead atoms. The Balaban J connectivity index is 1.59. The Hall–Kier alpha value is -1.78. The first-order valence-electron chi connectivity index (χ1n) is 7.88. The highest BCUT2D eigenvalue weighted by molar-refractivity contribution is 5.91. The molecule has 2 amide bonds. The Labute approximate surface area is 131 Å². The van der Waals surface area contributed by atoms with Gasteiger partial charge in [0.15, 0.2) is 5.76 Å². The summed E-state index contributed by atoms with van der Waals surface area (Å²) < 4.78 is 5.15. The number of nitrogens with zero attached hydrogens (tertiary/aromatic N) is 2. The third-order valence-electron chi connectivity index (χ3n) is 5.88. The van der Waals surface area contributed by atoms with E-state index >= 15 is 0 Å². The van der Waals surface area contributed by atoms with Crippen LogP contribution in [0, 0.1) is 16.7 Å². The van der Waals surface area contributed by atoms with E-state index in [1.165, 1.54) is 6.26 Å². The van der Waals surface area contributed by atoms with Crippen LogP contribution in [0.2, 0.25) is 0 Å². The van der Waals surface area contributed by atoms with Gasteiger partial charge in [-0.15, -0.1) is 0 Å². The smallest absolute Gasteiger partial charge is 0.289 e. The van der Waals surface area contributed by atoms with Crippen LogP contribution in [0.3, 0.4) is 0 Å². The SMILES string of the molecule is CC1(C)C(C(=O)N2CCN(C(=O)c3ccco3)CC2)C1(C)C. The summed E-state index contributed by atoms with van der Waals surface area (Å²) in [6.45, 7) is 11.0. The zero-order valence-electron chi connectivity index (χ0n) is 13.8. The number of hydrogen-bond donors (Lipinski definition) is 0. The minimum absolute atomic E-state index is 0.0607. The van der Waals surface area contributed by atoms with E-state index in [4.69, 9.17) is 4.42 Å². The lowest BCUT2D eigenvalue weighted by Gasteiger charge is -2.34. The molecule has 0 spiro atoms. The zero-order chi connectivity index (χ0) is 16.1. The summed E-state index contributed by atoms with van der Waals surface area (Å²) in [7, 11) is 0. The van der Waals surface area contributed by atoms with Crippen molar-refractivity contribution in [1.29, 1.82) is 0 Å². The van der Waals surface area contributed by atoms with E-state index in [1.54, 1.807) is 17.0 Å². The maximum atomic E-state index is 12.7. The minimum Gasteiger partial charge on any atom is -0.459 e. The molecule has 1 saturated heterocycles. The van der Waals surface area contributed by atoms with Crippen molar-refractivity contribution in [3.05, 3.63) is 24.2 Å². The van der Waals surface area contributed by atoms with Crippen molar-refractivity contribution in [1.82, 2.24) is 9.80 Å². The van der Waals surface area contributed by atoms with Crippen LogP contribution in [0.4, 0.5) is 0 Å². The number of carbonyl (C=O) groups excluding carboxylic acids is 2. The van der Waals surface area contributed by atoms with E-state index in [0.717, 1.165) is 0 Å². The molecule has 0 radical (unpaired) electrons. The normalized spacial score (nSPS) is 23.5. The molecule has 3 rings (SSSR count). The van der Waals surface area contributed by atoms with Crippen LogP contribution in [-0.4, -0.2) is 47.8 Å². The average Bonchev–Trinajstić information content (AvgIpc) is 2.89. The van der Waals surface area contributed by atoms with Gasteiger partial charge in [-0.2, -0.15) is 0 Å². The van der Waals surface area contributed by atoms with E-state index in [0.29, 0.717) is 31.9 Å². The van der Waals surface area contributed by atoms with E-state index < -0.39 is 0 Å². The minimum atomic E-state index is -0.0934. The van der Waals surface area contributed by atoms with Crippen molar-refractivity contribution in [3.8, 4) is 0 Å². The number of amides is 2. The summed E-state index contributed by atoms with van der Waals surface area (Å²) in [5.41, 5.74) is 0.121. The van der Waals surface area contributed by atoms with Crippen molar-refractivity contribution < 1.29 is 14.0 Å². The fraction of sp³-hybridized carbons (Fsp3) is 0.647. The maximum absolute atomic E-state index is 12.7. The third-order valence-corrected chi connectivity index (χ3v) is 5.88. The molecule has 1 aliphatic carbocycles. The van der Waals surface area contributed by atoms with E-state index in [1.807, 2.05) is 4.90 Å². The summed E-state index contributed by atoms with van der Waals surface area (Å²) in [6, 6.07) is 3.39. The Kier molecular flexibility index (Phi) is 3.34.